The molecule has 2 N–H and O–H groups in total. The number of nitrogens with zero attached hydrogens (tertiary/aromatic N) is 6. The number of thiophene rings is 1. The molecular weight excluding hydrogens is 629 g/mol. The Morgan fingerprint density at radius 3 is 2.73 bits per heavy atom. The number of ketones is 1. The number of ether oxygens (including phenoxy) is 2. The number of urea groups is 1. The maximum Gasteiger partial charge on any atom is 0.432 e. The van der Waals surface area contributed by atoms with Crippen molar-refractivity contribution in [2.24, 2.45) is 5.73 Å². The van der Waals surface area contributed by atoms with E-state index in [0.29, 0.717) is 60.4 Å². The van der Waals surface area contributed by atoms with Gasteiger partial charge in [0.25, 0.3) is 5.82 Å². The maximum absolute atomic E-state index is 14.4. The average Bonchev–Trinajstić information content (AvgIpc) is 3.80. The monoisotopic (exact) mass is 670 g/mol. The second kappa shape index (κ2) is 13.1. The smallest absolute Gasteiger partial charge is 0.432 e. The number of carbonyl (C=O) groups excluding carboxylic acids is 2. The second-order valence-electron chi connectivity index (χ2n) is 12.6. The van der Waals surface area contributed by atoms with Gasteiger partial charge in [-0.05, 0) is 52.1 Å². The summed E-state index contributed by atoms with van der Waals surface area (Å²) < 4.78 is 12.2. The van der Waals surface area contributed by atoms with Crippen LogP contribution >= 0.6 is 11.3 Å². The predicted octanol–water partition coefficient (Wildman–Crippen LogP) is 4.64. The number of hydrogen-bond donors (Lipinski definition) is 1. The minimum Gasteiger partial charge on any atom is -0.471 e. The van der Waals surface area contributed by atoms with Crippen molar-refractivity contribution in [1.82, 2.24) is 19.4 Å². The molecule has 6 rings (SSSR count). The van der Waals surface area contributed by atoms with Gasteiger partial charge in [0.1, 0.15) is 19.3 Å². The first-order chi connectivity index (χ1) is 21.1. The summed E-state index contributed by atoms with van der Waals surface area (Å²) in [4.78, 5) is 42.7. The van der Waals surface area contributed by atoms with E-state index >= 15 is 0 Å². The number of allylic oxidation sites excluding steroid dienone is 2. The van der Waals surface area contributed by atoms with Crippen molar-refractivity contribution in [3.63, 3.8) is 0 Å². The van der Waals surface area contributed by atoms with Gasteiger partial charge in [0.2, 0.25) is 17.5 Å². The molecule has 2 amide bonds. The molecule has 3 unspecified atom stereocenters. The van der Waals surface area contributed by atoms with E-state index in [9.17, 15) is 14.9 Å². The third kappa shape index (κ3) is 5.51. The van der Waals surface area contributed by atoms with E-state index in [1.165, 1.54) is 11.3 Å². The van der Waals surface area contributed by atoms with Gasteiger partial charge in [0.15, 0.2) is 12.4 Å². The summed E-state index contributed by atoms with van der Waals surface area (Å²) in [7, 11) is 3.80. The number of likely N-dealkylation sites (tertiary alicyclic amines) is 1. The molecule has 1 aliphatic carbocycles. The van der Waals surface area contributed by atoms with E-state index in [-0.39, 0.29) is 71.4 Å². The van der Waals surface area contributed by atoms with Gasteiger partial charge in [-0.25, -0.2) is 4.79 Å². The van der Waals surface area contributed by atoms with Gasteiger partial charge in [0, 0.05) is 49.0 Å². The Morgan fingerprint density at radius 1 is 1.31 bits per heavy atom. The normalized spacial score (nSPS) is 27.1. The first-order valence-electron chi connectivity index (χ1n) is 15.6. The van der Waals surface area contributed by atoms with Crippen LogP contribution in [-0.4, -0.2) is 78.8 Å². The standard InChI is InChI=1S/C32H41N7O4S.V/c1-6-8-22(26(34)21-9-7-10-24-25(21)20(15-33)16-44-24)28(40)29-35-30-27(38(5)32(41)39(30)13-14-42-17-39)31(36-29)43-19(3)23-12-11-18(2)37(23)4;/h18-19,21,23H,6-14,17,34H2,1-5H3;/b26-22-;/t18-,19?,21?,23-,39?;/m0./s1. The maximum atomic E-state index is 14.4. The number of hydrogen-bond acceptors (Lipinski definition) is 10. The van der Waals surface area contributed by atoms with E-state index in [0.717, 1.165) is 42.5 Å². The Labute approximate surface area is 280 Å². The number of nitrogens with two attached hydrogens (primary N) is 1. The molecule has 2 saturated heterocycles. The van der Waals surface area contributed by atoms with Crippen molar-refractivity contribution in [3.05, 3.63) is 38.5 Å². The molecule has 5 heterocycles. The molecule has 13 heteroatoms. The van der Waals surface area contributed by atoms with Gasteiger partial charge < -0.3 is 15.2 Å². The molecule has 2 aromatic rings. The number of amides is 2. The third-order valence-electron chi connectivity index (χ3n) is 10.00. The number of quaternary nitrogens is 1. The van der Waals surface area contributed by atoms with Gasteiger partial charge in [-0.1, -0.05) is 43.6 Å². The number of aromatic nitrogens is 2. The quantitative estimate of drug-likeness (QED) is 0.185. The Balaban J connectivity index is 0.00000400. The van der Waals surface area contributed by atoms with Crippen molar-refractivity contribution >= 4 is 34.7 Å². The zero-order chi connectivity index (χ0) is 31.3. The first-order valence-corrected chi connectivity index (χ1v) is 16.4. The first kappa shape index (κ1) is 33.6. The number of Topliss-reactive ketones (excluding diaryl/α,β-unsaturated/α-hetero) is 1. The molecule has 239 valence electrons. The summed E-state index contributed by atoms with van der Waals surface area (Å²) in [5, 5.41) is 12.9. The van der Waals surface area contributed by atoms with Crippen LogP contribution in [0.25, 0.3) is 0 Å². The SMILES string of the molecule is CCC/C(C(=O)c1nc(OC(C)[C@@H]2CC[C@H](C)N2C)c2c(n1)[N+]1(CCOC1)C(=O)N2C)=C(/N)C1CCCc2s[c-]c(C#N)c21.[V]. The van der Waals surface area contributed by atoms with E-state index in [4.69, 9.17) is 25.2 Å². The van der Waals surface area contributed by atoms with Crippen LogP contribution < -0.4 is 19.9 Å². The molecule has 5 atom stereocenters. The molecule has 1 spiro atoms. The zero-order valence-corrected chi connectivity index (χ0v) is 28.8. The minimum absolute atomic E-state index is 0. The van der Waals surface area contributed by atoms with Crippen LogP contribution in [0, 0.1) is 16.7 Å². The molecule has 45 heavy (non-hydrogen) atoms. The molecule has 11 nitrogen and oxygen atoms in total. The van der Waals surface area contributed by atoms with Crippen LogP contribution in [0.1, 0.15) is 91.8 Å². The Morgan fingerprint density at radius 2 is 2.09 bits per heavy atom. The number of likely N-dealkylation sites (N-methyl/N-ethyl adjacent to an activating group) is 1. The van der Waals surface area contributed by atoms with Gasteiger partial charge in [-0.15, -0.1) is 10.4 Å². The summed E-state index contributed by atoms with van der Waals surface area (Å²) in [6.45, 7) is 7.17. The van der Waals surface area contributed by atoms with Gasteiger partial charge in [-0.3, -0.25) is 31.2 Å². The molecule has 2 fully saturated rings. The summed E-state index contributed by atoms with van der Waals surface area (Å²) in [5.41, 5.74) is 9.68. The van der Waals surface area contributed by atoms with Crippen LogP contribution in [0.2, 0.25) is 0 Å². The Kier molecular flexibility index (Phi) is 9.81. The summed E-state index contributed by atoms with van der Waals surface area (Å²) >= 11 is 1.46. The number of carbonyl (C=O) groups is 2. The topological polar surface area (TPSA) is 135 Å². The molecule has 4 aliphatic rings. The van der Waals surface area contributed by atoms with Gasteiger partial charge in [0.05, 0.1) is 0 Å². The van der Waals surface area contributed by atoms with Crippen molar-refractivity contribution in [3.8, 4) is 11.9 Å². The molecule has 2 aromatic heterocycles. The molecule has 0 saturated carbocycles. The van der Waals surface area contributed by atoms with Crippen molar-refractivity contribution < 1.29 is 37.6 Å². The Bertz CT molecular complexity index is 1560. The van der Waals surface area contributed by atoms with Crippen molar-refractivity contribution in [2.75, 3.05) is 38.9 Å². The fourth-order valence-corrected chi connectivity index (χ4v) is 8.35. The number of aryl methyl sites for hydroxylation is 1. The number of anilines is 1. The van der Waals surface area contributed by atoms with Gasteiger partial charge >= 0.3 is 6.03 Å². The fourth-order valence-electron chi connectivity index (χ4n) is 7.37. The largest absolute Gasteiger partial charge is 0.471 e. The van der Waals surface area contributed by atoms with E-state index in [1.807, 2.05) is 13.8 Å². The van der Waals surface area contributed by atoms with E-state index < -0.39 is 0 Å². The number of fused-ring (bicyclic) bond motifs is 3. The van der Waals surface area contributed by atoms with Crippen LogP contribution in [0.4, 0.5) is 16.3 Å². The molecule has 3 aliphatic heterocycles. The van der Waals surface area contributed by atoms with Crippen LogP contribution in [0.3, 0.4) is 0 Å². The van der Waals surface area contributed by atoms with Crippen molar-refractivity contribution in [2.45, 2.75) is 89.8 Å². The Hall–Kier alpha value is -2.79. The molecule has 0 bridgehead atoms. The van der Waals surface area contributed by atoms with Gasteiger partial charge in [-0.2, -0.15) is 14.5 Å². The van der Waals surface area contributed by atoms with Crippen LogP contribution in [0.15, 0.2) is 11.3 Å². The van der Waals surface area contributed by atoms with Crippen LogP contribution in [-0.2, 0) is 29.7 Å². The summed E-state index contributed by atoms with van der Waals surface area (Å²) in [6.07, 6.45) is 5.48. The molecule has 0 aromatic carbocycles. The van der Waals surface area contributed by atoms with Crippen molar-refractivity contribution in [1.29, 1.82) is 5.26 Å². The average molecular weight is 671 g/mol. The van der Waals surface area contributed by atoms with E-state index in [2.05, 4.69) is 30.3 Å². The second-order valence-corrected chi connectivity index (χ2v) is 13.5. The summed E-state index contributed by atoms with van der Waals surface area (Å²) in [5.74, 6) is -0.000270. The zero-order valence-electron chi connectivity index (χ0n) is 26.6. The fraction of sp³-hybridized carbons (Fsp3) is 0.594. The van der Waals surface area contributed by atoms with Crippen LogP contribution in [0.5, 0.6) is 5.88 Å². The predicted molar refractivity (Wildman–Crippen MR) is 168 cm³/mol. The molecule has 1 radical (unpaired) electrons. The number of nitriles is 1. The van der Waals surface area contributed by atoms with E-state index in [1.54, 1.807) is 11.9 Å². The minimum atomic E-state index is -0.374. The summed E-state index contributed by atoms with van der Waals surface area (Å²) in [6, 6.07) is 2.69. The molecular formula is C32H41N7O4SV. The number of rotatable bonds is 8. The third-order valence-corrected chi connectivity index (χ3v) is 11.0.